The highest BCUT2D eigenvalue weighted by atomic mass is 16.2. The van der Waals surface area contributed by atoms with Gasteiger partial charge in [0.1, 0.15) is 11.5 Å². The van der Waals surface area contributed by atoms with Gasteiger partial charge in [-0.1, -0.05) is 12.1 Å². The minimum absolute atomic E-state index is 0.142. The summed E-state index contributed by atoms with van der Waals surface area (Å²) in [4.78, 5) is 28.1. The Labute approximate surface area is 190 Å². The summed E-state index contributed by atoms with van der Waals surface area (Å²) >= 11 is 0. The number of pyridine rings is 1. The topological polar surface area (TPSA) is 55.5 Å². The van der Waals surface area contributed by atoms with Crippen LogP contribution in [0.2, 0.25) is 0 Å². The van der Waals surface area contributed by atoms with Crippen LogP contribution in [0.3, 0.4) is 0 Å². The molecule has 4 heterocycles. The highest BCUT2D eigenvalue weighted by Gasteiger charge is 2.28. The number of aryl methyl sites for hydroxylation is 2. The Kier molecular flexibility index (Phi) is 5.87. The van der Waals surface area contributed by atoms with Crippen LogP contribution in [0.15, 0.2) is 42.6 Å². The second-order valence-electron chi connectivity index (χ2n) is 9.46. The molecule has 32 heavy (non-hydrogen) atoms. The largest absolute Gasteiger partial charge is 0.354 e. The van der Waals surface area contributed by atoms with Crippen LogP contribution in [0.5, 0.6) is 0 Å². The van der Waals surface area contributed by atoms with Gasteiger partial charge in [-0.05, 0) is 68.0 Å². The smallest absolute Gasteiger partial charge is 0.270 e. The molecule has 168 valence electrons. The van der Waals surface area contributed by atoms with E-state index in [2.05, 4.69) is 62.8 Å². The molecule has 6 nitrogen and oxygen atoms in total. The fourth-order valence-corrected chi connectivity index (χ4v) is 5.35. The number of likely N-dealkylation sites (tertiary alicyclic amines) is 1. The molecule has 5 rings (SSSR count). The van der Waals surface area contributed by atoms with Crippen LogP contribution in [-0.4, -0.2) is 71.5 Å². The maximum absolute atomic E-state index is 13.3. The molecular formula is C26H33N5O. The van der Waals surface area contributed by atoms with E-state index in [1.165, 1.54) is 17.5 Å². The maximum Gasteiger partial charge on any atom is 0.270 e. The molecule has 6 heteroatoms. The Balaban J connectivity index is 1.19. The van der Waals surface area contributed by atoms with Gasteiger partial charge in [0, 0.05) is 62.9 Å². The average Bonchev–Trinajstić information content (AvgIpc) is 3.24. The summed E-state index contributed by atoms with van der Waals surface area (Å²) in [7, 11) is 0. The van der Waals surface area contributed by atoms with Gasteiger partial charge in [0.15, 0.2) is 0 Å². The van der Waals surface area contributed by atoms with Gasteiger partial charge in [0.05, 0.1) is 0 Å². The van der Waals surface area contributed by atoms with Crippen LogP contribution in [-0.2, 0) is 0 Å². The number of piperazine rings is 1. The van der Waals surface area contributed by atoms with Gasteiger partial charge in [-0.3, -0.25) is 9.69 Å². The number of anilines is 1. The molecule has 0 spiro atoms. The molecule has 3 aromatic rings. The normalized spacial score (nSPS) is 20.1. The molecule has 0 radical (unpaired) electrons. The molecule has 2 aliphatic rings. The summed E-state index contributed by atoms with van der Waals surface area (Å²) in [6, 6.07) is 12.4. The zero-order valence-electron chi connectivity index (χ0n) is 19.2. The van der Waals surface area contributed by atoms with E-state index in [4.69, 9.17) is 0 Å². The molecule has 1 atom stereocenters. The zero-order valence-corrected chi connectivity index (χ0v) is 19.2. The number of hydrogen-bond acceptors (Lipinski definition) is 4. The predicted octanol–water partition coefficient (Wildman–Crippen LogP) is 3.85. The van der Waals surface area contributed by atoms with Gasteiger partial charge < -0.3 is 14.8 Å². The maximum atomic E-state index is 13.3. The fraction of sp³-hybridized carbons (Fsp3) is 0.462. The molecule has 2 saturated heterocycles. The van der Waals surface area contributed by atoms with Crippen molar-refractivity contribution in [2.75, 3.05) is 50.7 Å². The lowest BCUT2D eigenvalue weighted by atomic mass is 9.96. The predicted molar refractivity (Wildman–Crippen MR) is 129 cm³/mol. The summed E-state index contributed by atoms with van der Waals surface area (Å²) in [5, 5.41) is 1.15. The Morgan fingerprint density at radius 3 is 2.72 bits per heavy atom. The van der Waals surface area contributed by atoms with E-state index in [1.54, 1.807) is 0 Å². The molecule has 1 N–H and O–H groups in total. The van der Waals surface area contributed by atoms with Crippen molar-refractivity contribution in [2.24, 2.45) is 5.92 Å². The van der Waals surface area contributed by atoms with E-state index in [9.17, 15) is 4.79 Å². The van der Waals surface area contributed by atoms with Crippen LogP contribution in [0.1, 0.15) is 34.5 Å². The minimum Gasteiger partial charge on any atom is -0.354 e. The highest BCUT2D eigenvalue weighted by Crippen LogP contribution is 2.25. The van der Waals surface area contributed by atoms with E-state index < -0.39 is 0 Å². The molecule has 1 aromatic carbocycles. The molecule has 1 amide bonds. The van der Waals surface area contributed by atoms with Crippen molar-refractivity contribution in [1.29, 1.82) is 0 Å². The number of nitrogens with one attached hydrogen (secondary N) is 1. The average molecular weight is 432 g/mol. The minimum atomic E-state index is 0.142. The quantitative estimate of drug-likeness (QED) is 0.682. The van der Waals surface area contributed by atoms with Crippen molar-refractivity contribution in [3.05, 3.63) is 59.4 Å². The second kappa shape index (κ2) is 8.94. The first kappa shape index (κ1) is 21.0. The monoisotopic (exact) mass is 431 g/mol. The lowest BCUT2D eigenvalue weighted by Gasteiger charge is -2.39. The number of rotatable bonds is 4. The number of nitrogens with zero attached hydrogens (tertiary/aromatic N) is 4. The zero-order chi connectivity index (χ0) is 22.1. The summed E-state index contributed by atoms with van der Waals surface area (Å²) in [5.74, 6) is 1.76. The van der Waals surface area contributed by atoms with Crippen molar-refractivity contribution < 1.29 is 4.79 Å². The third-order valence-electron chi connectivity index (χ3n) is 6.99. The number of fused-ring (bicyclic) bond motifs is 1. The second-order valence-corrected chi connectivity index (χ2v) is 9.46. The van der Waals surface area contributed by atoms with Crippen LogP contribution in [0.25, 0.3) is 10.9 Å². The lowest BCUT2D eigenvalue weighted by Crippen LogP contribution is -2.50. The Morgan fingerprint density at radius 1 is 1.09 bits per heavy atom. The number of carbonyl (C=O) groups excluding carboxylic acids is 1. The highest BCUT2D eigenvalue weighted by molar-refractivity contribution is 5.99. The lowest BCUT2D eigenvalue weighted by molar-refractivity contribution is 0.0632. The van der Waals surface area contributed by atoms with Crippen molar-refractivity contribution in [3.8, 4) is 0 Å². The van der Waals surface area contributed by atoms with Gasteiger partial charge in [-0.25, -0.2) is 4.98 Å². The first-order valence-electron chi connectivity index (χ1n) is 11.8. The first-order valence-corrected chi connectivity index (χ1v) is 11.8. The number of hydrogen-bond donors (Lipinski definition) is 1. The van der Waals surface area contributed by atoms with E-state index in [0.29, 0.717) is 5.92 Å². The number of amides is 1. The number of benzene rings is 1. The van der Waals surface area contributed by atoms with Gasteiger partial charge >= 0.3 is 0 Å². The van der Waals surface area contributed by atoms with E-state index in [1.807, 2.05) is 18.3 Å². The molecule has 2 fully saturated rings. The molecule has 2 aromatic heterocycles. The summed E-state index contributed by atoms with van der Waals surface area (Å²) in [5.41, 5.74) is 4.22. The Morgan fingerprint density at radius 2 is 1.94 bits per heavy atom. The van der Waals surface area contributed by atoms with E-state index >= 15 is 0 Å². The third kappa shape index (κ3) is 4.37. The fourth-order valence-electron chi connectivity index (χ4n) is 5.35. The SMILES string of the molecule is Cc1cc(C)c2cc(C(=O)N3CCCC(CN4CCN(c5ccccn5)CC4)C3)[nH]c2c1. The molecular weight excluding hydrogens is 398 g/mol. The van der Waals surface area contributed by atoms with Crippen LogP contribution in [0, 0.1) is 19.8 Å². The van der Waals surface area contributed by atoms with E-state index in [-0.39, 0.29) is 5.91 Å². The van der Waals surface area contributed by atoms with Crippen LogP contribution in [0.4, 0.5) is 5.82 Å². The summed E-state index contributed by atoms with van der Waals surface area (Å²) in [6.45, 7) is 11.1. The molecule has 0 aliphatic carbocycles. The Hall–Kier alpha value is -2.86. The van der Waals surface area contributed by atoms with Gasteiger partial charge in [0.25, 0.3) is 5.91 Å². The number of piperidine rings is 1. The standard InChI is InChI=1S/C26H33N5O/c1-19-14-20(2)22-16-24(28-23(22)15-19)26(32)31-9-5-6-21(18-31)17-29-10-12-30(13-11-29)25-7-3-4-8-27-25/h3-4,7-8,14-16,21,28H,5-6,9-13,17-18H2,1-2H3. The molecule has 0 bridgehead atoms. The third-order valence-corrected chi connectivity index (χ3v) is 6.99. The van der Waals surface area contributed by atoms with Gasteiger partial charge in [-0.2, -0.15) is 0 Å². The van der Waals surface area contributed by atoms with Crippen LogP contribution >= 0.6 is 0 Å². The van der Waals surface area contributed by atoms with Crippen molar-refractivity contribution in [1.82, 2.24) is 19.8 Å². The summed E-state index contributed by atoms with van der Waals surface area (Å²) < 4.78 is 0. The number of aromatic amines is 1. The molecule has 0 saturated carbocycles. The molecule has 2 aliphatic heterocycles. The molecule has 1 unspecified atom stereocenters. The van der Waals surface area contributed by atoms with Crippen molar-refractivity contribution in [2.45, 2.75) is 26.7 Å². The number of aromatic nitrogens is 2. The van der Waals surface area contributed by atoms with E-state index in [0.717, 1.165) is 74.6 Å². The number of H-pyrrole nitrogens is 1. The van der Waals surface area contributed by atoms with Crippen molar-refractivity contribution in [3.63, 3.8) is 0 Å². The first-order chi connectivity index (χ1) is 15.6. The number of carbonyl (C=O) groups is 1. The van der Waals surface area contributed by atoms with Crippen molar-refractivity contribution >= 4 is 22.6 Å². The van der Waals surface area contributed by atoms with Gasteiger partial charge in [0.2, 0.25) is 0 Å². The summed E-state index contributed by atoms with van der Waals surface area (Å²) in [6.07, 6.45) is 4.16. The Bertz CT molecular complexity index is 1080. The van der Waals surface area contributed by atoms with Gasteiger partial charge in [-0.15, -0.1) is 0 Å². The van der Waals surface area contributed by atoms with Crippen LogP contribution < -0.4 is 4.90 Å².